The zero-order valence-electron chi connectivity index (χ0n) is 16.9. The van der Waals surface area contributed by atoms with Crippen LogP contribution in [-0.2, 0) is 4.79 Å². The Morgan fingerprint density at radius 1 is 1.12 bits per heavy atom. The van der Waals surface area contributed by atoms with E-state index in [4.69, 9.17) is 11.5 Å². The maximum atomic E-state index is 12.4. The first-order valence-electron chi connectivity index (χ1n) is 9.98. The number of hydrogen-bond donors (Lipinski definition) is 4. The number of nitrogens with two attached hydrogens (primary N) is 2. The Labute approximate surface area is 159 Å². The van der Waals surface area contributed by atoms with Gasteiger partial charge in [-0.3, -0.25) is 4.79 Å². The van der Waals surface area contributed by atoms with Crippen molar-refractivity contribution in [2.75, 3.05) is 13.1 Å². The fraction of sp³-hybridized carbons (Fsp3) is 0.667. The van der Waals surface area contributed by atoms with E-state index >= 15 is 0 Å². The molecule has 5 heteroatoms. The van der Waals surface area contributed by atoms with Gasteiger partial charge in [0, 0.05) is 6.04 Å². The SMILES string of the molecule is CCC(NC(=O)[C@H](N)CCCN)c1ccccc1C(C)NCCC(C)C. The lowest BCUT2D eigenvalue weighted by molar-refractivity contribution is -0.123. The number of rotatable bonds is 12. The van der Waals surface area contributed by atoms with Gasteiger partial charge in [0.05, 0.1) is 12.1 Å². The molecule has 5 nitrogen and oxygen atoms in total. The lowest BCUT2D eigenvalue weighted by atomic mass is 9.94. The second-order valence-corrected chi connectivity index (χ2v) is 7.49. The van der Waals surface area contributed by atoms with Crippen molar-refractivity contribution >= 4 is 5.91 Å². The summed E-state index contributed by atoms with van der Waals surface area (Å²) in [6.07, 6.45) is 3.36. The second-order valence-electron chi connectivity index (χ2n) is 7.49. The van der Waals surface area contributed by atoms with Crippen molar-refractivity contribution in [3.63, 3.8) is 0 Å². The lowest BCUT2D eigenvalue weighted by Crippen LogP contribution is -2.42. The summed E-state index contributed by atoms with van der Waals surface area (Å²) in [6.45, 7) is 10.3. The van der Waals surface area contributed by atoms with E-state index in [1.54, 1.807) is 0 Å². The molecule has 1 rings (SSSR count). The first kappa shape index (κ1) is 22.6. The summed E-state index contributed by atoms with van der Waals surface area (Å²) in [5.74, 6) is 0.586. The van der Waals surface area contributed by atoms with Crippen LogP contribution in [0.25, 0.3) is 0 Å². The molecule has 148 valence electrons. The molecule has 0 saturated carbocycles. The Kier molecular flexibility index (Phi) is 10.5. The van der Waals surface area contributed by atoms with Gasteiger partial charge in [-0.25, -0.2) is 0 Å². The molecule has 0 aliphatic carbocycles. The normalized spacial score (nSPS) is 14.9. The van der Waals surface area contributed by atoms with Gasteiger partial charge in [-0.2, -0.15) is 0 Å². The molecule has 0 heterocycles. The molecule has 0 spiro atoms. The molecule has 3 atom stereocenters. The van der Waals surface area contributed by atoms with E-state index < -0.39 is 6.04 Å². The van der Waals surface area contributed by atoms with Crippen molar-refractivity contribution in [1.82, 2.24) is 10.6 Å². The van der Waals surface area contributed by atoms with Crippen LogP contribution in [0.3, 0.4) is 0 Å². The minimum absolute atomic E-state index is 0.0306. The molecule has 1 aromatic rings. The summed E-state index contributed by atoms with van der Waals surface area (Å²) in [6, 6.07) is 8.05. The Morgan fingerprint density at radius 2 is 1.77 bits per heavy atom. The molecule has 0 aliphatic heterocycles. The maximum Gasteiger partial charge on any atom is 0.237 e. The Bertz CT molecular complexity index is 532. The predicted octanol–water partition coefficient (Wildman–Crippen LogP) is 3.02. The van der Waals surface area contributed by atoms with Crippen LogP contribution < -0.4 is 22.1 Å². The third-order valence-electron chi connectivity index (χ3n) is 4.79. The van der Waals surface area contributed by atoms with Crippen molar-refractivity contribution < 1.29 is 4.79 Å². The first-order valence-corrected chi connectivity index (χ1v) is 9.98. The third kappa shape index (κ3) is 7.44. The molecular weight excluding hydrogens is 324 g/mol. The molecule has 6 N–H and O–H groups in total. The van der Waals surface area contributed by atoms with Gasteiger partial charge in [-0.15, -0.1) is 0 Å². The van der Waals surface area contributed by atoms with Crippen LogP contribution in [0.1, 0.15) is 76.6 Å². The average Bonchev–Trinajstić information content (AvgIpc) is 2.63. The zero-order chi connectivity index (χ0) is 19.5. The molecule has 1 aromatic carbocycles. The number of benzene rings is 1. The summed E-state index contributed by atoms with van der Waals surface area (Å²) >= 11 is 0. The lowest BCUT2D eigenvalue weighted by Gasteiger charge is -2.25. The standard InChI is InChI=1S/C21H38N4O/c1-5-20(25-21(26)19(23)11-8-13-22)18-10-7-6-9-17(18)16(4)24-14-12-15(2)3/h6-7,9-10,15-16,19-20,24H,5,8,11-14,22-23H2,1-4H3,(H,25,26)/t16?,19-,20?/m1/s1. The summed E-state index contributed by atoms with van der Waals surface area (Å²) in [5.41, 5.74) is 13.9. The quantitative estimate of drug-likeness (QED) is 0.460. The number of hydrogen-bond acceptors (Lipinski definition) is 4. The highest BCUT2D eigenvalue weighted by atomic mass is 16.2. The maximum absolute atomic E-state index is 12.4. The Morgan fingerprint density at radius 3 is 2.35 bits per heavy atom. The van der Waals surface area contributed by atoms with Crippen LogP contribution >= 0.6 is 0 Å². The first-order chi connectivity index (χ1) is 12.4. The minimum atomic E-state index is -0.499. The second kappa shape index (κ2) is 12.0. The van der Waals surface area contributed by atoms with Crippen LogP contribution in [0, 0.1) is 5.92 Å². The third-order valence-corrected chi connectivity index (χ3v) is 4.79. The summed E-state index contributed by atoms with van der Waals surface area (Å²) in [4.78, 5) is 12.4. The van der Waals surface area contributed by atoms with Crippen LogP contribution in [0.5, 0.6) is 0 Å². The Balaban J connectivity index is 2.82. The highest BCUT2D eigenvalue weighted by Crippen LogP contribution is 2.26. The Hall–Kier alpha value is -1.43. The molecule has 0 aliphatic rings. The molecule has 0 radical (unpaired) electrons. The van der Waals surface area contributed by atoms with E-state index in [1.165, 1.54) is 11.1 Å². The van der Waals surface area contributed by atoms with E-state index in [0.29, 0.717) is 18.9 Å². The fourth-order valence-corrected chi connectivity index (χ4v) is 3.07. The van der Waals surface area contributed by atoms with Gasteiger partial charge >= 0.3 is 0 Å². The smallest absolute Gasteiger partial charge is 0.237 e. The van der Waals surface area contributed by atoms with E-state index in [1.807, 2.05) is 6.07 Å². The monoisotopic (exact) mass is 362 g/mol. The molecular formula is C21H38N4O. The van der Waals surface area contributed by atoms with E-state index in [-0.39, 0.29) is 18.0 Å². The van der Waals surface area contributed by atoms with Gasteiger partial charge in [-0.05, 0) is 62.7 Å². The summed E-state index contributed by atoms with van der Waals surface area (Å²) in [7, 11) is 0. The van der Waals surface area contributed by atoms with E-state index in [9.17, 15) is 4.79 Å². The molecule has 1 amide bonds. The zero-order valence-corrected chi connectivity index (χ0v) is 16.9. The van der Waals surface area contributed by atoms with Gasteiger partial charge in [0.15, 0.2) is 0 Å². The topological polar surface area (TPSA) is 93.2 Å². The van der Waals surface area contributed by atoms with Crippen molar-refractivity contribution in [3.8, 4) is 0 Å². The average molecular weight is 363 g/mol. The fourth-order valence-electron chi connectivity index (χ4n) is 3.07. The van der Waals surface area contributed by atoms with Crippen LogP contribution in [0.15, 0.2) is 24.3 Å². The van der Waals surface area contributed by atoms with Gasteiger partial charge in [0.25, 0.3) is 0 Å². The van der Waals surface area contributed by atoms with E-state index in [0.717, 1.165) is 25.8 Å². The number of carbonyl (C=O) groups excluding carboxylic acids is 1. The van der Waals surface area contributed by atoms with Crippen molar-refractivity contribution in [2.45, 2.75) is 71.5 Å². The van der Waals surface area contributed by atoms with Crippen molar-refractivity contribution in [3.05, 3.63) is 35.4 Å². The molecule has 2 unspecified atom stereocenters. The molecule has 0 aromatic heterocycles. The summed E-state index contributed by atoms with van der Waals surface area (Å²) in [5, 5.41) is 6.73. The highest BCUT2D eigenvalue weighted by molar-refractivity contribution is 5.81. The molecule has 0 saturated heterocycles. The van der Waals surface area contributed by atoms with Gasteiger partial charge in [-0.1, -0.05) is 45.0 Å². The number of amides is 1. The van der Waals surface area contributed by atoms with Gasteiger partial charge < -0.3 is 22.1 Å². The van der Waals surface area contributed by atoms with Crippen LogP contribution in [-0.4, -0.2) is 25.0 Å². The van der Waals surface area contributed by atoms with Crippen molar-refractivity contribution in [1.29, 1.82) is 0 Å². The molecule has 26 heavy (non-hydrogen) atoms. The van der Waals surface area contributed by atoms with Gasteiger partial charge in [0.1, 0.15) is 0 Å². The van der Waals surface area contributed by atoms with Crippen LogP contribution in [0.2, 0.25) is 0 Å². The molecule has 0 bridgehead atoms. The number of carbonyl (C=O) groups is 1. The predicted molar refractivity (Wildman–Crippen MR) is 110 cm³/mol. The summed E-state index contributed by atoms with van der Waals surface area (Å²) < 4.78 is 0. The minimum Gasteiger partial charge on any atom is -0.348 e. The van der Waals surface area contributed by atoms with Crippen molar-refractivity contribution in [2.24, 2.45) is 17.4 Å². The van der Waals surface area contributed by atoms with Gasteiger partial charge in [0.2, 0.25) is 5.91 Å². The number of nitrogens with one attached hydrogen (secondary N) is 2. The highest BCUT2D eigenvalue weighted by Gasteiger charge is 2.21. The molecule has 0 fully saturated rings. The van der Waals surface area contributed by atoms with E-state index in [2.05, 4.69) is 56.5 Å². The van der Waals surface area contributed by atoms with Crippen LogP contribution in [0.4, 0.5) is 0 Å². The largest absolute Gasteiger partial charge is 0.348 e.